The summed E-state index contributed by atoms with van der Waals surface area (Å²) in [7, 11) is 1.78. The molecule has 0 bridgehead atoms. The van der Waals surface area contributed by atoms with Crippen LogP contribution < -0.4 is 0 Å². The molecular formula is C11H11N3O. The van der Waals surface area contributed by atoms with E-state index in [-0.39, 0.29) is 5.78 Å². The largest absolute Gasteiger partial charge is 0.287 e. The molecule has 2 aromatic rings. The lowest BCUT2D eigenvalue weighted by Crippen LogP contribution is -2.02. The van der Waals surface area contributed by atoms with Gasteiger partial charge in [-0.05, 0) is 18.6 Å². The average molecular weight is 201 g/mol. The van der Waals surface area contributed by atoms with Gasteiger partial charge in [-0.25, -0.2) is 0 Å². The summed E-state index contributed by atoms with van der Waals surface area (Å²) in [5, 5.41) is 3.95. The van der Waals surface area contributed by atoms with Crippen molar-refractivity contribution in [3.05, 3.63) is 47.5 Å². The van der Waals surface area contributed by atoms with Crippen LogP contribution in [0.2, 0.25) is 0 Å². The predicted octanol–water partition coefficient (Wildman–Crippen LogP) is 1.35. The van der Waals surface area contributed by atoms with Gasteiger partial charge in [0.1, 0.15) is 5.69 Å². The van der Waals surface area contributed by atoms with Crippen LogP contribution >= 0.6 is 0 Å². The molecule has 0 atom stereocenters. The van der Waals surface area contributed by atoms with E-state index in [1.54, 1.807) is 36.4 Å². The normalized spacial score (nSPS) is 10.3. The Labute approximate surface area is 87.6 Å². The molecule has 0 aliphatic rings. The van der Waals surface area contributed by atoms with E-state index in [0.29, 0.717) is 11.3 Å². The van der Waals surface area contributed by atoms with Crippen LogP contribution in [0, 0.1) is 6.92 Å². The second-order valence-corrected chi connectivity index (χ2v) is 3.45. The maximum absolute atomic E-state index is 11.9. The molecule has 0 saturated heterocycles. The molecule has 0 amide bonds. The zero-order valence-electron chi connectivity index (χ0n) is 8.64. The number of hydrogen-bond donors (Lipinski definition) is 0. The first-order valence-corrected chi connectivity index (χ1v) is 4.63. The highest BCUT2D eigenvalue weighted by atomic mass is 16.1. The topological polar surface area (TPSA) is 47.8 Å². The van der Waals surface area contributed by atoms with Crippen LogP contribution in [0.25, 0.3) is 0 Å². The number of hydrogen-bond acceptors (Lipinski definition) is 3. The van der Waals surface area contributed by atoms with E-state index in [1.807, 2.05) is 13.0 Å². The maximum atomic E-state index is 11.9. The number of carbonyl (C=O) groups is 1. The lowest BCUT2D eigenvalue weighted by Gasteiger charge is -1.97. The lowest BCUT2D eigenvalue weighted by molar-refractivity contribution is 0.103. The van der Waals surface area contributed by atoms with Gasteiger partial charge in [0.2, 0.25) is 5.78 Å². The minimum Gasteiger partial charge on any atom is -0.287 e. The summed E-state index contributed by atoms with van der Waals surface area (Å²) >= 11 is 0. The molecule has 0 spiro atoms. The van der Waals surface area contributed by atoms with Crippen molar-refractivity contribution in [2.75, 3.05) is 0 Å². The summed E-state index contributed by atoms with van der Waals surface area (Å²) in [4.78, 5) is 15.9. The fourth-order valence-corrected chi connectivity index (χ4v) is 1.29. The Morgan fingerprint density at radius 3 is 2.67 bits per heavy atom. The van der Waals surface area contributed by atoms with E-state index in [9.17, 15) is 4.79 Å². The minimum absolute atomic E-state index is 0.0944. The smallest absolute Gasteiger partial charge is 0.214 e. The van der Waals surface area contributed by atoms with Crippen LogP contribution in [-0.4, -0.2) is 20.5 Å². The molecule has 15 heavy (non-hydrogen) atoms. The molecule has 0 aliphatic carbocycles. The average Bonchev–Trinajstić information content (AvgIpc) is 2.65. The van der Waals surface area contributed by atoms with Gasteiger partial charge in [0.15, 0.2) is 0 Å². The number of aromatic nitrogens is 3. The quantitative estimate of drug-likeness (QED) is 0.689. The molecular weight excluding hydrogens is 190 g/mol. The standard InChI is InChI=1S/C11H11N3O/c1-8-3-4-10(12-5-8)11(15)9-6-13-14(2)7-9/h3-7H,1-2H3. The molecule has 0 N–H and O–H groups in total. The van der Waals surface area contributed by atoms with Crippen LogP contribution in [0.1, 0.15) is 21.6 Å². The lowest BCUT2D eigenvalue weighted by atomic mass is 10.1. The molecule has 0 aromatic carbocycles. The van der Waals surface area contributed by atoms with Crippen molar-refractivity contribution in [2.45, 2.75) is 6.92 Å². The summed E-state index contributed by atoms with van der Waals surface area (Å²) in [5.74, 6) is -0.0944. The van der Waals surface area contributed by atoms with Crippen molar-refractivity contribution in [2.24, 2.45) is 7.05 Å². The molecule has 0 unspecified atom stereocenters. The van der Waals surface area contributed by atoms with E-state index in [0.717, 1.165) is 5.56 Å². The summed E-state index contributed by atoms with van der Waals surface area (Å²) in [6, 6.07) is 3.60. The summed E-state index contributed by atoms with van der Waals surface area (Å²) in [6.45, 7) is 1.94. The minimum atomic E-state index is -0.0944. The zero-order chi connectivity index (χ0) is 10.8. The van der Waals surface area contributed by atoms with E-state index in [1.165, 1.54) is 0 Å². The van der Waals surface area contributed by atoms with Crippen molar-refractivity contribution in [1.29, 1.82) is 0 Å². The van der Waals surface area contributed by atoms with Gasteiger partial charge in [0, 0.05) is 19.4 Å². The Morgan fingerprint density at radius 2 is 2.13 bits per heavy atom. The number of nitrogens with zero attached hydrogens (tertiary/aromatic N) is 3. The zero-order valence-corrected chi connectivity index (χ0v) is 8.64. The summed E-state index contributed by atoms with van der Waals surface area (Å²) < 4.78 is 1.60. The van der Waals surface area contributed by atoms with Gasteiger partial charge in [0.05, 0.1) is 11.8 Å². The van der Waals surface area contributed by atoms with Gasteiger partial charge >= 0.3 is 0 Å². The van der Waals surface area contributed by atoms with Crippen molar-refractivity contribution in [1.82, 2.24) is 14.8 Å². The Hall–Kier alpha value is -1.97. The molecule has 0 aliphatic heterocycles. The number of ketones is 1. The van der Waals surface area contributed by atoms with Crippen LogP contribution in [0.4, 0.5) is 0 Å². The summed E-state index contributed by atoms with van der Waals surface area (Å²) in [6.07, 6.45) is 4.91. The number of rotatable bonds is 2. The van der Waals surface area contributed by atoms with E-state index < -0.39 is 0 Å². The van der Waals surface area contributed by atoms with Gasteiger partial charge in [-0.3, -0.25) is 14.5 Å². The maximum Gasteiger partial charge on any atom is 0.214 e. The van der Waals surface area contributed by atoms with E-state index >= 15 is 0 Å². The van der Waals surface area contributed by atoms with Gasteiger partial charge < -0.3 is 0 Å². The third-order valence-electron chi connectivity index (χ3n) is 2.11. The number of aryl methyl sites for hydroxylation is 2. The number of carbonyl (C=O) groups excluding carboxylic acids is 1. The van der Waals surface area contributed by atoms with Crippen LogP contribution in [0.3, 0.4) is 0 Å². The molecule has 2 aromatic heterocycles. The first kappa shape index (κ1) is 9.58. The van der Waals surface area contributed by atoms with Gasteiger partial charge in [-0.2, -0.15) is 5.10 Å². The Bertz CT molecular complexity index is 485. The Balaban J connectivity index is 2.32. The number of pyridine rings is 1. The Morgan fingerprint density at radius 1 is 1.33 bits per heavy atom. The molecule has 2 heterocycles. The van der Waals surface area contributed by atoms with Gasteiger partial charge in [0.25, 0.3) is 0 Å². The molecule has 0 fully saturated rings. The third-order valence-corrected chi connectivity index (χ3v) is 2.11. The summed E-state index contributed by atoms with van der Waals surface area (Å²) in [5.41, 5.74) is 2.06. The van der Waals surface area contributed by atoms with Crippen LogP contribution in [0.5, 0.6) is 0 Å². The van der Waals surface area contributed by atoms with E-state index in [2.05, 4.69) is 10.1 Å². The SMILES string of the molecule is Cc1ccc(C(=O)c2cnn(C)c2)nc1. The monoisotopic (exact) mass is 201 g/mol. The van der Waals surface area contributed by atoms with E-state index in [4.69, 9.17) is 0 Å². The molecule has 2 rings (SSSR count). The molecule has 0 saturated carbocycles. The highest BCUT2D eigenvalue weighted by molar-refractivity contribution is 6.07. The molecule has 0 radical (unpaired) electrons. The second-order valence-electron chi connectivity index (χ2n) is 3.45. The van der Waals surface area contributed by atoms with Crippen molar-refractivity contribution < 1.29 is 4.79 Å². The third kappa shape index (κ3) is 1.93. The van der Waals surface area contributed by atoms with Crippen molar-refractivity contribution in [3.63, 3.8) is 0 Å². The fraction of sp³-hybridized carbons (Fsp3) is 0.182. The van der Waals surface area contributed by atoms with Crippen molar-refractivity contribution in [3.8, 4) is 0 Å². The molecule has 76 valence electrons. The molecule has 4 heteroatoms. The van der Waals surface area contributed by atoms with Crippen molar-refractivity contribution >= 4 is 5.78 Å². The molecule has 4 nitrogen and oxygen atoms in total. The first-order valence-electron chi connectivity index (χ1n) is 4.63. The fourth-order valence-electron chi connectivity index (χ4n) is 1.29. The van der Waals surface area contributed by atoms with Crippen LogP contribution in [-0.2, 0) is 7.05 Å². The van der Waals surface area contributed by atoms with Gasteiger partial charge in [-0.15, -0.1) is 0 Å². The Kier molecular flexibility index (Phi) is 2.33. The first-order chi connectivity index (χ1) is 7.16. The highest BCUT2D eigenvalue weighted by Crippen LogP contribution is 2.06. The van der Waals surface area contributed by atoms with Crippen LogP contribution in [0.15, 0.2) is 30.7 Å². The second kappa shape index (κ2) is 3.65. The highest BCUT2D eigenvalue weighted by Gasteiger charge is 2.11. The van der Waals surface area contributed by atoms with Gasteiger partial charge in [-0.1, -0.05) is 6.07 Å². The predicted molar refractivity (Wildman–Crippen MR) is 55.6 cm³/mol.